The summed E-state index contributed by atoms with van der Waals surface area (Å²) < 4.78 is 52.5. The maximum atomic E-state index is 15.9. The standard InChI is InChI=1S/C30H33F2N3O4S/c1-18(2)35-11-9-22-24(23-8-10-33-25(29(23)32)16-34-40(38)30(3,4)5)12-19(13-26(22)35)17-39-27-7-6-21(31)14-20(27)15-28(36)37/h6-14,18,34H,15-17H2,1-5H3,(H,36,37)/t40-/m0/s1. The summed E-state index contributed by atoms with van der Waals surface area (Å²) in [4.78, 5) is 15.5. The van der Waals surface area contributed by atoms with E-state index >= 15 is 4.39 Å². The van der Waals surface area contributed by atoms with Crippen molar-refractivity contribution in [1.82, 2.24) is 14.3 Å². The zero-order valence-electron chi connectivity index (χ0n) is 23.1. The molecule has 0 bridgehead atoms. The average molecular weight is 570 g/mol. The predicted molar refractivity (Wildman–Crippen MR) is 152 cm³/mol. The Morgan fingerprint density at radius 2 is 1.90 bits per heavy atom. The number of pyridine rings is 1. The molecule has 40 heavy (non-hydrogen) atoms. The number of halogens is 2. The van der Waals surface area contributed by atoms with Gasteiger partial charge in [-0.1, -0.05) is 0 Å². The summed E-state index contributed by atoms with van der Waals surface area (Å²) in [6.07, 6.45) is 3.09. The highest BCUT2D eigenvalue weighted by Crippen LogP contribution is 2.35. The third-order valence-corrected chi connectivity index (χ3v) is 7.91. The molecule has 2 aromatic heterocycles. The summed E-state index contributed by atoms with van der Waals surface area (Å²) in [5.41, 5.74) is 2.95. The number of rotatable bonds is 10. The van der Waals surface area contributed by atoms with Gasteiger partial charge in [-0.2, -0.15) is 0 Å². The number of carboxylic acids is 1. The maximum Gasteiger partial charge on any atom is 0.307 e. The van der Waals surface area contributed by atoms with Crippen LogP contribution in [-0.4, -0.2) is 29.9 Å². The van der Waals surface area contributed by atoms with Crippen LogP contribution in [0, 0.1) is 11.6 Å². The van der Waals surface area contributed by atoms with E-state index < -0.39 is 33.7 Å². The van der Waals surface area contributed by atoms with Gasteiger partial charge in [-0.05, 0) is 88.2 Å². The number of carboxylic acid groups (broad SMARTS) is 1. The second-order valence-corrected chi connectivity index (χ2v) is 12.9. The summed E-state index contributed by atoms with van der Waals surface area (Å²) >= 11 is -1.39. The molecule has 2 aromatic carbocycles. The van der Waals surface area contributed by atoms with Crippen molar-refractivity contribution in [3.8, 4) is 16.9 Å². The number of benzene rings is 2. The first-order chi connectivity index (χ1) is 18.8. The van der Waals surface area contributed by atoms with Crippen LogP contribution in [0.5, 0.6) is 5.75 Å². The minimum Gasteiger partial charge on any atom is -0.598 e. The summed E-state index contributed by atoms with van der Waals surface area (Å²) in [6.45, 7) is 9.63. The van der Waals surface area contributed by atoms with E-state index in [-0.39, 0.29) is 42.6 Å². The zero-order valence-corrected chi connectivity index (χ0v) is 23.9. The monoisotopic (exact) mass is 569 g/mol. The lowest BCUT2D eigenvalue weighted by Crippen LogP contribution is -2.39. The molecule has 0 saturated heterocycles. The third kappa shape index (κ3) is 6.63. The first-order valence-corrected chi connectivity index (χ1v) is 14.1. The van der Waals surface area contributed by atoms with Crippen molar-refractivity contribution in [3.63, 3.8) is 0 Å². The summed E-state index contributed by atoms with van der Waals surface area (Å²) in [7, 11) is 0. The van der Waals surface area contributed by atoms with E-state index in [1.165, 1.54) is 18.3 Å². The van der Waals surface area contributed by atoms with Crippen LogP contribution >= 0.6 is 0 Å². The summed E-state index contributed by atoms with van der Waals surface area (Å²) in [5.74, 6) is -1.90. The van der Waals surface area contributed by atoms with Gasteiger partial charge < -0.3 is 19.0 Å². The van der Waals surface area contributed by atoms with E-state index in [0.717, 1.165) is 22.5 Å². The Morgan fingerprint density at radius 3 is 2.58 bits per heavy atom. The van der Waals surface area contributed by atoms with Crippen LogP contribution in [-0.2, 0) is 35.7 Å². The zero-order chi connectivity index (χ0) is 29.2. The molecular formula is C30H33F2N3O4S. The minimum atomic E-state index is -1.39. The summed E-state index contributed by atoms with van der Waals surface area (Å²) in [6, 6.07) is 11.2. The molecular weight excluding hydrogens is 536 g/mol. The van der Waals surface area contributed by atoms with Crippen molar-refractivity contribution in [2.24, 2.45) is 0 Å². The number of hydrogen-bond acceptors (Lipinski definition) is 5. The molecule has 212 valence electrons. The SMILES string of the molecule is CC(C)n1ccc2c(-c3ccnc(CN[S@@+]([O-])C(C)(C)C)c3F)cc(COc3ccc(F)cc3CC(=O)O)cc21. The van der Waals surface area contributed by atoms with Crippen molar-refractivity contribution in [1.29, 1.82) is 0 Å². The number of aromatic nitrogens is 2. The first kappa shape index (κ1) is 29.5. The fourth-order valence-electron chi connectivity index (χ4n) is 4.40. The molecule has 0 aliphatic rings. The van der Waals surface area contributed by atoms with Gasteiger partial charge in [0.1, 0.15) is 22.9 Å². The molecule has 0 aliphatic heterocycles. The van der Waals surface area contributed by atoms with Crippen LogP contribution in [0.15, 0.2) is 54.9 Å². The highest BCUT2D eigenvalue weighted by atomic mass is 32.2. The van der Waals surface area contributed by atoms with Crippen LogP contribution < -0.4 is 9.46 Å². The number of ether oxygens (including phenoxy) is 1. The Morgan fingerprint density at radius 1 is 1.15 bits per heavy atom. The fourth-order valence-corrected chi connectivity index (χ4v) is 5.10. The third-order valence-electron chi connectivity index (χ3n) is 6.39. The van der Waals surface area contributed by atoms with E-state index in [1.54, 1.807) is 6.07 Å². The highest BCUT2D eigenvalue weighted by molar-refractivity contribution is 7.90. The van der Waals surface area contributed by atoms with E-state index in [4.69, 9.17) is 4.74 Å². The van der Waals surface area contributed by atoms with Gasteiger partial charge in [0, 0.05) is 51.8 Å². The molecule has 0 fully saturated rings. The topological polar surface area (TPSA) is 99.4 Å². The first-order valence-electron chi connectivity index (χ1n) is 12.9. The molecule has 2 N–H and O–H groups in total. The molecule has 0 unspecified atom stereocenters. The normalized spacial score (nSPS) is 12.7. The maximum absolute atomic E-state index is 15.9. The second kappa shape index (κ2) is 12.0. The van der Waals surface area contributed by atoms with Gasteiger partial charge in [-0.15, -0.1) is 4.72 Å². The van der Waals surface area contributed by atoms with Crippen molar-refractivity contribution in [2.75, 3.05) is 0 Å². The Bertz CT molecular complexity index is 1530. The largest absolute Gasteiger partial charge is 0.598 e. The van der Waals surface area contributed by atoms with Crippen LogP contribution in [0.2, 0.25) is 0 Å². The Kier molecular flexibility index (Phi) is 8.82. The number of fused-ring (bicyclic) bond motifs is 1. The molecule has 0 saturated carbocycles. The van der Waals surface area contributed by atoms with Gasteiger partial charge in [0.2, 0.25) is 0 Å². The molecule has 2 heterocycles. The lowest BCUT2D eigenvalue weighted by atomic mass is 9.98. The van der Waals surface area contributed by atoms with Gasteiger partial charge in [0.05, 0.1) is 18.7 Å². The van der Waals surface area contributed by atoms with Crippen LogP contribution in [0.3, 0.4) is 0 Å². The van der Waals surface area contributed by atoms with Crippen molar-refractivity contribution in [2.45, 2.75) is 65.0 Å². The summed E-state index contributed by atoms with van der Waals surface area (Å²) in [5, 5.41) is 10.1. The molecule has 0 spiro atoms. The van der Waals surface area contributed by atoms with E-state index in [9.17, 15) is 18.8 Å². The smallest absolute Gasteiger partial charge is 0.307 e. The van der Waals surface area contributed by atoms with E-state index in [2.05, 4.69) is 14.3 Å². The van der Waals surface area contributed by atoms with Gasteiger partial charge >= 0.3 is 5.97 Å². The number of nitrogens with one attached hydrogen (secondary N) is 1. The quantitative estimate of drug-likeness (QED) is 0.217. The fraction of sp³-hybridized carbons (Fsp3) is 0.333. The minimum absolute atomic E-state index is 0.000569. The molecule has 4 rings (SSSR count). The van der Waals surface area contributed by atoms with Gasteiger partial charge in [-0.3, -0.25) is 9.78 Å². The van der Waals surface area contributed by atoms with Gasteiger partial charge in [-0.25, -0.2) is 8.78 Å². The number of hydrogen-bond donors (Lipinski definition) is 2. The van der Waals surface area contributed by atoms with E-state index in [1.807, 2.05) is 59.0 Å². The van der Waals surface area contributed by atoms with Crippen molar-refractivity contribution in [3.05, 3.63) is 83.3 Å². The highest BCUT2D eigenvalue weighted by Gasteiger charge is 2.27. The second-order valence-electron chi connectivity index (χ2n) is 10.8. The molecule has 7 nitrogen and oxygen atoms in total. The Labute approximate surface area is 235 Å². The number of aliphatic carboxylic acids is 1. The van der Waals surface area contributed by atoms with E-state index in [0.29, 0.717) is 11.1 Å². The van der Waals surface area contributed by atoms with Gasteiger partial charge in [0.25, 0.3) is 0 Å². The molecule has 0 amide bonds. The van der Waals surface area contributed by atoms with Crippen LogP contribution in [0.4, 0.5) is 8.78 Å². The molecule has 0 radical (unpaired) electrons. The lowest BCUT2D eigenvalue weighted by Gasteiger charge is -2.23. The molecule has 10 heteroatoms. The lowest BCUT2D eigenvalue weighted by molar-refractivity contribution is -0.136. The van der Waals surface area contributed by atoms with Crippen molar-refractivity contribution < 1.29 is 28.0 Å². The molecule has 0 aliphatic carbocycles. The molecule has 4 aromatic rings. The van der Waals surface area contributed by atoms with Crippen LogP contribution in [0.25, 0.3) is 22.0 Å². The number of nitrogens with zero attached hydrogens (tertiary/aromatic N) is 2. The Balaban J connectivity index is 1.73. The Hall–Kier alpha value is -3.47. The average Bonchev–Trinajstić information content (AvgIpc) is 3.30. The predicted octanol–water partition coefficient (Wildman–Crippen LogP) is 6.32. The van der Waals surface area contributed by atoms with Gasteiger partial charge in [0.15, 0.2) is 5.82 Å². The van der Waals surface area contributed by atoms with Crippen LogP contribution in [0.1, 0.15) is 57.5 Å². The van der Waals surface area contributed by atoms with Crippen molar-refractivity contribution >= 4 is 28.2 Å². The number of carbonyl (C=O) groups is 1. The molecule has 1 atom stereocenters.